The molecule has 1 aromatic carbocycles. The number of nitrogens with zero attached hydrogens (tertiary/aromatic N) is 1. The lowest BCUT2D eigenvalue weighted by molar-refractivity contribution is 0.0867. The van der Waals surface area contributed by atoms with E-state index >= 15 is 0 Å². The fourth-order valence-corrected chi connectivity index (χ4v) is 2.10. The molecule has 0 N–H and O–H groups in total. The summed E-state index contributed by atoms with van der Waals surface area (Å²) in [6, 6.07) is 2.32. The van der Waals surface area contributed by atoms with Gasteiger partial charge in [-0.2, -0.15) is 0 Å². The molecule has 18 heavy (non-hydrogen) atoms. The first-order valence-corrected chi connectivity index (χ1v) is 6.47. The van der Waals surface area contributed by atoms with Crippen LogP contribution in [0.15, 0.2) is 16.6 Å². The Labute approximate surface area is 116 Å². The Bertz CT molecular complexity index is 403. The molecule has 0 saturated carbocycles. The van der Waals surface area contributed by atoms with E-state index in [1.807, 2.05) is 0 Å². The number of rotatable bonds is 6. The molecule has 7 heteroatoms. The van der Waals surface area contributed by atoms with E-state index in [2.05, 4.69) is 15.9 Å². The Morgan fingerprint density at radius 3 is 2.50 bits per heavy atom. The summed E-state index contributed by atoms with van der Waals surface area (Å²) in [6.45, 7) is -0.677. The molecule has 0 aliphatic heterocycles. The van der Waals surface area contributed by atoms with E-state index in [0.717, 1.165) is 6.07 Å². The highest BCUT2D eigenvalue weighted by Crippen LogP contribution is 2.23. The van der Waals surface area contributed by atoms with Gasteiger partial charge in [0.25, 0.3) is 6.43 Å². The van der Waals surface area contributed by atoms with Crippen LogP contribution in [-0.4, -0.2) is 30.3 Å². The van der Waals surface area contributed by atoms with E-state index < -0.39 is 24.6 Å². The van der Waals surface area contributed by atoms with Gasteiger partial charge in [-0.15, -0.1) is 11.6 Å². The molecule has 0 unspecified atom stereocenters. The third-order valence-electron chi connectivity index (χ3n) is 2.32. The maximum absolute atomic E-state index is 13.7. The van der Waals surface area contributed by atoms with Crippen molar-refractivity contribution < 1.29 is 17.6 Å². The van der Waals surface area contributed by atoms with Gasteiger partial charge in [-0.1, -0.05) is 0 Å². The third kappa shape index (κ3) is 4.40. The molecule has 0 saturated heterocycles. The van der Waals surface area contributed by atoms with Gasteiger partial charge < -0.3 is 0 Å². The van der Waals surface area contributed by atoms with Crippen molar-refractivity contribution in [1.82, 2.24) is 4.90 Å². The molecule has 0 atom stereocenters. The molecule has 0 aliphatic carbocycles. The predicted octanol–water partition coefficient (Wildman–Crippen LogP) is 4.03. The molecule has 0 aliphatic rings. The van der Waals surface area contributed by atoms with Crippen LogP contribution in [0.3, 0.4) is 0 Å². The molecule has 0 spiro atoms. The Morgan fingerprint density at radius 1 is 1.28 bits per heavy atom. The number of hydrogen-bond acceptors (Lipinski definition) is 1. The standard InChI is InChI=1S/C11H11BrClF4N/c12-8-1-2-9(14)7(11(8)17)5-18(4-3-13)6-10(15)16/h1-2,10H,3-6H2. The molecular weight excluding hydrogens is 337 g/mol. The highest BCUT2D eigenvalue weighted by Gasteiger charge is 2.18. The summed E-state index contributed by atoms with van der Waals surface area (Å²) in [4.78, 5) is 1.21. The van der Waals surface area contributed by atoms with E-state index in [4.69, 9.17) is 11.6 Å². The highest BCUT2D eigenvalue weighted by molar-refractivity contribution is 9.10. The minimum atomic E-state index is -2.58. The summed E-state index contributed by atoms with van der Waals surface area (Å²) in [5.41, 5.74) is -0.241. The van der Waals surface area contributed by atoms with Crippen LogP contribution in [0.25, 0.3) is 0 Å². The van der Waals surface area contributed by atoms with E-state index in [1.54, 1.807) is 0 Å². The van der Waals surface area contributed by atoms with Gasteiger partial charge in [0.1, 0.15) is 11.6 Å². The molecule has 1 rings (SSSR count). The summed E-state index contributed by atoms with van der Waals surface area (Å²) in [5, 5.41) is 0. The Hall–Kier alpha value is -0.330. The molecule has 0 fully saturated rings. The molecule has 0 amide bonds. The maximum atomic E-state index is 13.7. The van der Waals surface area contributed by atoms with Gasteiger partial charge in [0.15, 0.2) is 0 Å². The zero-order valence-corrected chi connectivity index (χ0v) is 11.6. The quantitative estimate of drug-likeness (QED) is 0.426. The lowest BCUT2D eigenvalue weighted by Crippen LogP contribution is -2.31. The van der Waals surface area contributed by atoms with Gasteiger partial charge in [-0.05, 0) is 28.1 Å². The summed E-state index contributed by atoms with van der Waals surface area (Å²) in [7, 11) is 0. The van der Waals surface area contributed by atoms with Crippen molar-refractivity contribution >= 4 is 27.5 Å². The van der Waals surface area contributed by atoms with Crippen LogP contribution in [0.2, 0.25) is 0 Å². The van der Waals surface area contributed by atoms with E-state index in [0.29, 0.717) is 0 Å². The van der Waals surface area contributed by atoms with E-state index in [1.165, 1.54) is 11.0 Å². The number of hydrogen-bond donors (Lipinski definition) is 0. The van der Waals surface area contributed by atoms with Crippen molar-refractivity contribution in [2.24, 2.45) is 0 Å². The highest BCUT2D eigenvalue weighted by atomic mass is 79.9. The van der Waals surface area contributed by atoms with Gasteiger partial charge in [0.05, 0.1) is 11.0 Å². The van der Waals surface area contributed by atoms with Crippen LogP contribution >= 0.6 is 27.5 Å². The molecule has 0 radical (unpaired) electrons. The van der Waals surface area contributed by atoms with Gasteiger partial charge in [-0.25, -0.2) is 17.6 Å². The minimum absolute atomic E-state index is 0.0989. The Morgan fingerprint density at radius 2 is 1.94 bits per heavy atom. The zero-order chi connectivity index (χ0) is 13.7. The van der Waals surface area contributed by atoms with E-state index in [9.17, 15) is 17.6 Å². The van der Waals surface area contributed by atoms with Crippen molar-refractivity contribution in [3.63, 3.8) is 0 Å². The number of halogens is 6. The summed E-state index contributed by atoms with van der Waals surface area (Å²) in [5.74, 6) is -1.42. The Balaban J connectivity index is 2.89. The second-order valence-corrected chi connectivity index (χ2v) is 4.87. The van der Waals surface area contributed by atoms with Crippen molar-refractivity contribution in [3.05, 3.63) is 33.8 Å². The van der Waals surface area contributed by atoms with Crippen molar-refractivity contribution in [2.75, 3.05) is 19.0 Å². The van der Waals surface area contributed by atoms with Crippen LogP contribution < -0.4 is 0 Å². The van der Waals surface area contributed by atoms with Crippen LogP contribution in [-0.2, 0) is 6.54 Å². The normalized spacial score (nSPS) is 11.6. The third-order valence-corrected chi connectivity index (χ3v) is 3.10. The largest absolute Gasteiger partial charge is 0.292 e. The van der Waals surface area contributed by atoms with Crippen molar-refractivity contribution in [2.45, 2.75) is 13.0 Å². The molecule has 0 heterocycles. The first-order valence-electron chi connectivity index (χ1n) is 5.14. The van der Waals surface area contributed by atoms with Crippen LogP contribution in [0.5, 0.6) is 0 Å². The molecular formula is C11H11BrClF4N. The maximum Gasteiger partial charge on any atom is 0.251 e. The van der Waals surface area contributed by atoms with Gasteiger partial charge >= 0.3 is 0 Å². The van der Waals surface area contributed by atoms with Crippen molar-refractivity contribution in [1.29, 1.82) is 0 Å². The average molecular weight is 349 g/mol. The van der Waals surface area contributed by atoms with Gasteiger partial charge in [0.2, 0.25) is 0 Å². The summed E-state index contributed by atoms with van der Waals surface area (Å²) < 4.78 is 51.8. The van der Waals surface area contributed by atoms with Crippen LogP contribution in [0.4, 0.5) is 17.6 Å². The van der Waals surface area contributed by atoms with E-state index in [-0.39, 0.29) is 29.0 Å². The first kappa shape index (κ1) is 15.7. The summed E-state index contributed by atoms with van der Waals surface area (Å²) >= 11 is 8.40. The first-order chi connectivity index (χ1) is 8.45. The number of benzene rings is 1. The topological polar surface area (TPSA) is 3.24 Å². The lowest BCUT2D eigenvalue weighted by atomic mass is 10.2. The second kappa shape index (κ2) is 7.31. The minimum Gasteiger partial charge on any atom is -0.292 e. The summed E-state index contributed by atoms with van der Waals surface area (Å²) in [6.07, 6.45) is -2.58. The van der Waals surface area contributed by atoms with Crippen LogP contribution in [0.1, 0.15) is 5.56 Å². The van der Waals surface area contributed by atoms with Gasteiger partial charge in [0, 0.05) is 24.5 Å². The van der Waals surface area contributed by atoms with Gasteiger partial charge in [-0.3, -0.25) is 4.90 Å². The van der Waals surface area contributed by atoms with Crippen molar-refractivity contribution in [3.8, 4) is 0 Å². The fourth-order valence-electron chi connectivity index (χ4n) is 1.49. The fraction of sp³-hybridized carbons (Fsp3) is 0.455. The molecule has 0 bridgehead atoms. The van der Waals surface area contributed by atoms with Crippen LogP contribution in [0, 0.1) is 11.6 Å². The Kier molecular flexibility index (Phi) is 6.38. The SMILES string of the molecule is Fc1ccc(Br)c(F)c1CN(CCCl)CC(F)F. The molecule has 1 aromatic rings. The average Bonchev–Trinajstić information content (AvgIpc) is 2.29. The lowest BCUT2D eigenvalue weighted by Gasteiger charge is -2.21. The molecule has 0 aromatic heterocycles. The molecule has 102 valence electrons. The monoisotopic (exact) mass is 347 g/mol. The predicted molar refractivity (Wildman–Crippen MR) is 66.1 cm³/mol. The second-order valence-electron chi connectivity index (χ2n) is 3.64. The molecule has 1 nitrogen and oxygen atoms in total. The number of alkyl halides is 3. The smallest absolute Gasteiger partial charge is 0.251 e. The zero-order valence-electron chi connectivity index (χ0n) is 9.28.